The molecule has 0 heterocycles. The lowest BCUT2D eigenvalue weighted by Gasteiger charge is -2.09. The van der Waals surface area contributed by atoms with Gasteiger partial charge in [0.05, 0.1) is 12.0 Å². The highest BCUT2D eigenvalue weighted by atomic mass is 16.6. The number of nitro benzene ring substituents is 1. The van der Waals surface area contributed by atoms with Crippen molar-refractivity contribution >= 4 is 27.2 Å². The van der Waals surface area contributed by atoms with Gasteiger partial charge in [-0.1, -0.05) is 36.4 Å². The summed E-state index contributed by atoms with van der Waals surface area (Å²) in [6, 6.07) is 15.0. The van der Waals surface area contributed by atoms with E-state index >= 15 is 0 Å². The molecule has 0 saturated carbocycles. The van der Waals surface area contributed by atoms with Gasteiger partial charge in [-0.25, -0.2) is 0 Å². The Bertz CT molecular complexity index is 796. The van der Waals surface area contributed by atoms with Gasteiger partial charge in [-0.15, -0.1) is 0 Å². The van der Waals surface area contributed by atoms with Crippen LogP contribution in [0.3, 0.4) is 0 Å². The molecule has 3 rings (SSSR count). The van der Waals surface area contributed by atoms with Crippen molar-refractivity contribution in [1.29, 1.82) is 0 Å². The van der Waals surface area contributed by atoms with Gasteiger partial charge in [0.25, 0.3) is 0 Å². The van der Waals surface area contributed by atoms with Crippen LogP contribution < -0.4 is 4.74 Å². The van der Waals surface area contributed by atoms with E-state index < -0.39 is 4.92 Å². The third-order valence-corrected chi connectivity index (χ3v) is 3.24. The third kappa shape index (κ3) is 1.69. The molecule has 0 radical (unpaired) electrons. The first-order valence-corrected chi connectivity index (χ1v) is 5.85. The molecule has 0 saturated heterocycles. The molecule has 0 aliphatic heterocycles. The number of ether oxygens (including phenoxy) is 1. The van der Waals surface area contributed by atoms with E-state index in [1.54, 1.807) is 6.07 Å². The van der Waals surface area contributed by atoms with Gasteiger partial charge in [-0.3, -0.25) is 10.1 Å². The number of fused-ring (bicyclic) bond motifs is 3. The van der Waals surface area contributed by atoms with Crippen LogP contribution in [-0.2, 0) is 0 Å². The summed E-state index contributed by atoms with van der Waals surface area (Å²) in [7, 11) is 1.46. The van der Waals surface area contributed by atoms with Crippen LogP contribution in [0.5, 0.6) is 5.75 Å². The van der Waals surface area contributed by atoms with Crippen molar-refractivity contribution in [3.63, 3.8) is 0 Å². The van der Waals surface area contributed by atoms with Crippen molar-refractivity contribution in [1.82, 2.24) is 0 Å². The fraction of sp³-hybridized carbons (Fsp3) is 0.0667. The molecule has 3 aromatic rings. The lowest BCUT2D eigenvalue weighted by atomic mass is 10.0. The van der Waals surface area contributed by atoms with Crippen molar-refractivity contribution < 1.29 is 9.66 Å². The number of nitro groups is 1. The fourth-order valence-corrected chi connectivity index (χ4v) is 2.40. The summed E-state index contributed by atoms with van der Waals surface area (Å²) in [4.78, 5) is 10.7. The van der Waals surface area contributed by atoms with Gasteiger partial charge < -0.3 is 4.74 Å². The van der Waals surface area contributed by atoms with Crippen LogP contribution in [0.2, 0.25) is 0 Å². The van der Waals surface area contributed by atoms with E-state index in [4.69, 9.17) is 4.74 Å². The number of nitrogens with zero attached hydrogens (tertiary/aromatic N) is 1. The summed E-state index contributed by atoms with van der Waals surface area (Å²) in [5.41, 5.74) is -0.00801. The Balaban J connectivity index is 2.55. The van der Waals surface area contributed by atoms with Crippen molar-refractivity contribution in [2.75, 3.05) is 7.11 Å². The van der Waals surface area contributed by atoms with Crippen LogP contribution in [0.4, 0.5) is 5.69 Å². The van der Waals surface area contributed by atoms with Gasteiger partial charge in [0.1, 0.15) is 0 Å². The topological polar surface area (TPSA) is 52.4 Å². The molecule has 0 aliphatic rings. The van der Waals surface area contributed by atoms with Gasteiger partial charge in [-0.05, 0) is 22.2 Å². The molecule has 0 atom stereocenters. The molecule has 0 spiro atoms. The second-order valence-corrected chi connectivity index (χ2v) is 4.26. The molecule has 0 bridgehead atoms. The van der Waals surface area contributed by atoms with Crippen LogP contribution in [0, 0.1) is 10.1 Å². The van der Waals surface area contributed by atoms with Crippen molar-refractivity contribution in [3.8, 4) is 5.75 Å². The first-order chi connectivity index (χ1) is 9.22. The molecule has 3 aromatic carbocycles. The summed E-state index contributed by atoms with van der Waals surface area (Å²) in [6.45, 7) is 0. The Labute approximate surface area is 109 Å². The fourth-order valence-electron chi connectivity index (χ4n) is 2.40. The minimum absolute atomic E-state index is 0.00801. The molecule has 0 aliphatic carbocycles. The smallest absolute Gasteiger partial charge is 0.311 e. The zero-order valence-electron chi connectivity index (χ0n) is 10.3. The number of rotatable bonds is 2. The van der Waals surface area contributed by atoms with Crippen LogP contribution in [-0.4, -0.2) is 12.0 Å². The summed E-state index contributed by atoms with van der Waals surface area (Å²) in [5.74, 6) is 0.319. The molecule has 0 amide bonds. The van der Waals surface area contributed by atoms with E-state index in [2.05, 4.69) is 0 Å². The maximum absolute atomic E-state index is 11.1. The van der Waals surface area contributed by atoms with E-state index in [0.717, 1.165) is 21.5 Å². The molecule has 4 heteroatoms. The van der Waals surface area contributed by atoms with E-state index in [-0.39, 0.29) is 5.69 Å². The van der Waals surface area contributed by atoms with Gasteiger partial charge in [0.15, 0.2) is 0 Å². The second kappa shape index (κ2) is 4.24. The Morgan fingerprint density at radius 1 is 1.00 bits per heavy atom. The monoisotopic (exact) mass is 253 g/mol. The summed E-state index contributed by atoms with van der Waals surface area (Å²) < 4.78 is 5.29. The molecule has 4 nitrogen and oxygen atoms in total. The van der Waals surface area contributed by atoms with Crippen molar-refractivity contribution in [2.45, 2.75) is 0 Å². The van der Waals surface area contributed by atoms with Gasteiger partial charge >= 0.3 is 5.69 Å². The molecule has 0 N–H and O–H groups in total. The highest BCUT2D eigenvalue weighted by Crippen LogP contribution is 2.39. The number of hydrogen-bond donors (Lipinski definition) is 0. The zero-order valence-corrected chi connectivity index (χ0v) is 10.3. The Hall–Kier alpha value is -2.62. The molecular formula is C15H11NO3. The summed E-state index contributed by atoms with van der Waals surface area (Å²) in [6.07, 6.45) is 0. The quantitative estimate of drug-likeness (QED) is 0.395. The average molecular weight is 253 g/mol. The normalized spacial score (nSPS) is 10.8. The minimum Gasteiger partial charge on any atom is -0.490 e. The number of hydrogen-bond acceptors (Lipinski definition) is 3. The van der Waals surface area contributed by atoms with Gasteiger partial charge in [0.2, 0.25) is 5.75 Å². The van der Waals surface area contributed by atoms with Crippen LogP contribution >= 0.6 is 0 Å². The van der Waals surface area contributed by atoms with Crippen LogP contribution in [0.25, 0.3) is 21.5 Å². The molecule has 0 fully saturated rings. The number of methoxy groups -OCH3 is 1. The van der Waals surface area contributed by atoms with Gasteiger partial charge in [-0.2, -0.15) is 0 Å². The minimum atomic E-state index is -0.417. The van der Waals surface area contributed by atoms with Crippen molar-refractivity contribution in [3.05, 3.63) is 58.6 Å². The Morgan fingerprint density at radius 3 is 2.42 bits per heavy atom. The molecule has 0 unspecified atom stereocenters. The Morgan fingerprint density at radius 2 is 1.68 bits per heavy atom. The predicted octanol–water partition coefficient (Wildman–Crippen LogP) is 3.91. The molecule has 94 valence electrons. The zero-order chi connectivity index (χ0) is 13.4. The van der Waals surface area contributed by atoms with Crippen LogP contribution in [0.1, 0.15) is 0 Å². The second-order valence-electron chi connectivity index (χ2n) is 4.26. The third-order valence-electron chi connectivity index (χ3n) is 3.24. The first-order valence-electron chi connectivity index (χ1n) is 5.85. The highest BCUT2D eigenvalue weighted by Gasteiger charge is 2.18. The molecule has 19 heavy (non-hydrogen) atoms. The predicted molar refractivity (Wildman–Crippen MR) is 74.7 cm³/mol. The average Bonchev–Trinajstić information content (AvgIpc) is 2.45. The van der Waals surface area contributed by atoms with Crippen molar-refractivity contribution in [2.24, 2.45) is 0 Å². The van der Waals surface area contributed by atoms with Crippen LogP contribution in [0.15, 0.2) is 48.5 Å². The maximum Gasteiger partial charge on any atom is 0.311 e. The lowest BCUT2D eigenvalue weighted by molar-refractivity contribution is -0.385. The van der Waals surface area contributed by atoms with E-state index in [0.29, 0.717) is 5.75 Å². The number of benzene rings is 3. The van der Waals surface area contributed by atoms with E-state index in [1.165, 1.54) is 13.2 Å². The maximum atomic E-state index is 11.1. The van der Waals surface area contributed by atoms with E-state index in [9.17, 15) is 10.1 Å². The lowest BCUT2D eigenvalue weighted by Crippen LogP contribution is -1.95. The molecule has 0 aromatic heterocycles. The van der Waals surface area contributed by atoms with E-state index in [1.807, 2.05) is 36.4 Å². The largest absolute Gasteiger partial charge is 0.490 e. The standard InChI is InChI=1S/C15H11NO3/c1-19-15-13(16(17)18)9-8-11-7-6-10-4-2-3-5-12(10)14(11)15/h2-9H,1H3. The highest BCUT2D eigenvalue weighted by molar-refractivity contribution is 6.11. The summed E-state index contributed by atoms with van der Waals surface area (Å²) >= 11 is 0. The first kappa shape index (κ1) is 11.5. The summed E-state index contributed by atoms with van der Waals surface area (Å²) in [5, 5.41) is 14.8. The SMILES string of the molecule is COc1c([N+](=O)[O-])ccc2ccc3ccccc3c12. The van der Waals surface area contributed by atoms with Gasteiger partial charge in [0, 0.05) is 11.5 Å². The Kier molecular flexibility index (Phi) is 2.56. The molecular weight excluding hydrogens is 242 g/mol.